The van der Waals surface area contributed by atoms with Gasteiger partial charge in [-0.05, 0) is 35.0 Å². The molecule has 0 radical (unpaired) electrons. The number of aromatic hydroxyl groups is 1. The zero-order valence-electron chi connectivity index (χ0n) is 8.27. The highest BCUT2D eigenvalue weighted by atomic mass is 16.3. The molecule has 4 nitrogen and oxygen atoms in total. The number of phenolic OH excluding ortho intramolecular Hbond substituents is 1. The van der Waals surface area contributed by atoms with Crippen LogP contribution >= 0.6 is 0 Å². The van der Waals surface area contributed by atoms with Gasteiger partial charge in [0.2, 0.25) is 5.91 Å². The van der Waals surface area contributed by atoms with Gasteiger partial charge in [0.15, 0.2) is 0 Å². The van der Waals surface area contributed by atoms with Gasteiger partial charge in [-0.25, -0.2) is 0 Å². The summed E-state index contributed by atoms with van der Waals surface area (Å²) < 4.78 is 0. The van der Waals surface area contributed by atoms with Gasteiger partial charge in [-0.15, -0.1) is 0 Å². The maximum Gasteiger partial charge on any atom is 0.248 e. The minimum Gasteiger partial charge on any atom is -0.507 e. The van der Waals surface area contributed by atoms with Crippen LogP contribution in [0.4, 0.5) is 0 Å². The standard InChI is InChI=1S/C12H8N2O2/c13-6-10-4-9-3-8(12(14)16)2-1-7(9)5-11(10)15/h1-5,15H,(H2,14,16). The van der Waals surface area contributed by atoms with E-state index in [0.717, 1.165) is 5.39 Å². The third-order valence-electron chi connectivity index (χ3n) is 2.36. The van der Waals surface area contributed by atoms with E-state index >= 15 is 0 Å². The average Bonchev–Trinajstić information content (AvgIpc) is 2.27. The molecule has 0 aliphatic carbocycles. The van der Waals surface area contributed by atoms with E-state index in [1.807, 2.05) is 6.07 Å². The molecule has 0 aliphatic heterocycles. The molecule has 2 rings (SSSR count). The SMILES string of the molecule is N#Cc1cc2cc(C(N)=O)ccc2cc1O. The van der Waals surface area contributed by atoms with Crippen molar-refractivity contribution in [1.82, 2.24) is 0 Å². The van der Waals surface area contributed by atoms with Gasteiger partial charge < -0.3 is 10.8 Å². The topological polar surface area (TPSA) is 87.1 Å². The fourth-order valence-electron chi connectivity index (χ4n) is 1.53. The Morgan fingerprint density at radius 3 is 2.62 bits per heavy atom. The molecule has 0 spiro atoms. The van der Waals surface area contributed by atoms with Crippen molar-refractivity contribution in [3.8, 4) is 11.8 Å². The van der Waals surface area contributed by atoms with E-state index in [1.54, 1.807) is 18.2 Å². The molecular weight excluding hydrogens is 204 g/mol. The number of hydrogen-bond donors (Lipinski definition) is 2. The summed E-state index contributed by atoms with van der Waals surface area (Å²) >= 11 is 0. The number of nitrogens with two attached hydrogens (primary N) is 1. The highest BCUT2D eigenvalue weighted by molar-refractivity contribution is 5.98. The van der Waals surface area contributed by atoms with Crippen molar-refractivity contribution >= 4 is 16.7 Å². The molecule has 0 unspecified atom stereocenters. The summed E-state index contributed by atoms with van der Waals surface area (Å²) in [4.78, 5) is 11.0. The monoisotopic (exact) mass is 212 g/mol. The highest BCUT2D eigenvalue weighted by Crippen LogP contribution is 2.25. The van der Waals surface area contributed by atoms with Gasteiger partial charge in [0.1, 0.15) is 11.8 Å². The molecule has 16 heavy (non-hydrogen) atoms. The molecule has 0 heterocycles. The molecule has 2 aromatic rings. The van der Waals surface area contributed by atoms with Crippen molar-refractivity contribution in [2.24, 2.45) is 5.73 Å². The summed E-state index contributed by atoms with van der Waals surface area (Å²) in [6, 6.07) is 9.73. The summed E-state index contributed by atoms with van der Waals surface area (Å²) in [6.45, 7) is 0. The summed E-state index contributed by atoms with van der Waals surface area (Å²) in [5.74, 6) is -0.588. The number of primary amides is 1. The van der Waals surface area contributed by atoms with Crippen LogP contribution < -0.4 is 5.73 Å². The van der Waals surface area contributed by atoms with Crippen LogP contribution in [0.15, 0.2) is 30.3 Å². The lowest BCUT2D eigenvalue weighted by molar-refractivity contribution is 0.100. The van der Waals surface area contributed by atoms with Gasteiger partial charge in [0.25, 0.3) is 0 Å². The molecular formula is C12H8N2O2. The Morgan fingerprint density at radius 1 is 1.25 bits per heavy atom. The van der Waals surface area contributed by atoms with Gasteiger partial charge >= 0.3 is 0 Å². The van der Waals surface area contributed by atoms with E-state index in [9.17, 15) is 9.90 Å². The maximum absolute atomic E-state index is 11.0. The van der Waals surface area contributed by atoms with E-state index in [4.69, 9.17) is 11.0 Å². The number of fused-ring (bicyclic) bond motifs is 1. The van der Waals surface area contributed by atoms with Gasteiger partial charge in [-0.1, -0.05) is 6.07 Å². The number of hydrogen-bond acceptors (Lipinski definition) is 3. The van der Waals surface area contributed by atoms with E-state index in [0.29, 0.717) is 10.9 Å². The Morgan fingerprint density at radius 2 is 2.00 bits per heavy atom. The molecule has 3 N–H and O–H groups in total. The Hall–Kier alpha value is -2.54. The summed E-state index contributed by atoms with van der Waals surface area (Å²) in [5.41, 5.74) is 5.70. The fourth-order valence-corrected chi connectivity index (χ4v) is 1.53. The van der Waals surface area contributed by atoms with Crippen molar-refractivity contribution < 1.29 is 9.90 Å². The Balaban J connectivity index is 2.74. The minimum atomic E-state index is -0.520. The van der Waals surface area contributed by atoms with Crippen molar-refractivity contribution in [3.63, 3.8) is 0 Å². The lowest BCUT2D eigenvalue weighted by Crippen LogP contribution is -2.10. The Labute approximate surface area is 91.5 Å². The first kappa shape index (κ1) is 9.99. The molecule has 0 saturated carbocycles. The molecule has 4 heteroatoms. The molecule has 0 aromatic heterocycles. The number of benzene rings is 2. The number of rotatable bonds is 1. The van der Waals surface area contributed by atoms with Crippen molar-refractivity contribution in [3.05, 3.63) is 41.5 Å². The molecule has 0 bridgehead atoms. The molecule has 78 valence electrons. The molecule has 1 amide bonds. The summed E-state index contributed by atoms with van der Waals surface area (Å²) in [7, 11) is 0. The lowest BCUT2D eigenvalue weighted by atomic mass is 10.0. The maximum atomic E-state index is 11.0. The number of carbonyl (C=O) groups excluding carboxylic acids is 1. The largest absolute Gasteiger partial charge is 0.507 e. The van der Waals surface area contributed by atoms with Crippen LogP contribution in [-0.4, -0.2) is 11.0 Å². The van der Waals surface area contributed by atoms with E-state index in [1.165, 1.54) is 12.1 Å². The third kappa shape index (κ3) is 1.55. The zero-order chi connectivity index (χ0) is 11.7. The fraction of sp³-hybridized carbons (Fsp3) is 0. The number of phenols is 1. The van der Waals surface area contributed by atoms with Crippen LogP contribution in [0.5, 0.6) is 5.75 Å². The third-order valence-corrected chi connectivity index (χ3v) is 2.36. The summed E-state index contributed by atoms with van der Waals surface area (Å²) in [6.07, 6.45) is 0. The van der Waals surface area contributed by atoms with Crippen LogP contribution in [0.25, 0.3) is 10.8 Å². The van der Waals surface area contributed by atoms with Gasteiger partial charge in [0.05, 0.1) is 5.56 Å². The van der Waals surface area contributed by atoms with Crippen LogP contribution in [0.2, 0.25) is 0 Å². The zero-order valence-corrected chi connectivity index (χ0v) is 8.27. The van der Waals surface area contributed by atoms with Gasteiger partial charge in [-0.2, -0.15) is 5.26 Å². The second kappa shape index (κ2) is 3.55. The molecule has 0 atom stereocenters. The van der Waals surface area contributed by atoms with E-state index in [-0.39, 0.29) is 11.3 Å². The normalized spacial score (nSPS) is 9.94. The number of nitriles is 1. The van der Waals surface area contributed by atoms with E-state index < -0.39 is 5.91 Å². The van der Waals surface area contributed by atoms with Gasteiger partial charge in [-0.3, -0.25) is 4.79 Å². The number of amides is 1. The molecule has 0 aliphatic rings. The van der Waals surface area contributed by atoms with Crippen molar-refractivity contribution in [2.45, 2.75) is 0 Å². The second-order valence-corrected chi connectivity index (χ2v) is 3.41. The molecule has 0 fully saturated rings. The lowest BCUT2D eigenvalue weighted by Gasteiger charge is -2.02. The molecule has 0 saturated heterocycles. The van der Waals surface area contributed by atoms with Crippen LogP contribution in [0, 0.1) is 11.3 Å². The first-order chi connectivity index (χ1) is 7.61. The minimum absolute atomic E-state index is 0.0678. The van der Waals surface area contributed by atoms with Gasteiger partial charge in [0, 0.05) is 5.56 Å². The summed E-state index contributed by atoms with van der Waals surface area (Å²) in [5, 5.41) is 19.7. The van der Waals surface area contributed by atoms with E-state index in [2.05, 4.69) is 0 Å². The first-order valence-electron chi connectivity index (χ1n) is 4.58. The first-order valence-corrected chi connectivity index (χ1v) is 4.58. The van der Waals surface area contributed by atoms with Crippen LogP contribution in [0.1, 0.15) is 15.9 Å². The van der Waals surface area contributed by atoms with Crippen molar-refractivity contribution in [1.29, 1.82) is 5.26 Å². The second-order valence-electron chi connectivity index (χ2n) is 3.41. The number of nitrogens with zero attached hydrogens (tertiary/aromatic N) is 1. The predicted octanol–water partition coefficient (Wildman–Crippen LogP) is 1.52. The van der Waals surface area contributed by atoms with Crippen LogP contribution in [0.3, 0.4) is 0 Å². The molecule has 2 aromatic carbocycles. The predicted molar refractivity (Wildman–Crippen MR) is 58.8 cm³/mol. The van der Waals surface area contributed by atoms with Crippen molar-refractivity contribution in [2.75, 3.05) is 0 Å². The highest BCUT2D eigenvalue weighted by Gasteiger charge is 2.05. The smallest absolute Gasteiger partial charge is 0.248 e. The Bertz CT molecular complexity index is 627. The van der Waals surface area contributed by atoms with Crippen LogP contribution in [-0.2, 0) is 0 Å². The average molecular weight is 212 g/mol. The number of carbonyl (C=O) groups is 1. The quantitative estimate of drug-likeness (QED) is 0.751. The Kier molecular flexibility index (Phi) is 2.22.